The molecule has 0 radical (unpaired) electrons. The summed E-state index contributed by atoms with van der Waals surface area (Å²) >= 11 is 0. The summed E-state index contributed by atoms with van der Waals surface area (Å²) in [5.74, 6) is 1.88. The van der Waals surface area contributed by atoms with Crippen LogP contribution in [0.2, 0.25) is 0 Å². The Kier molecular flexibility index (Phi) is 5.55. The Morgan fingerprint density at radius 1 is 1.18 bits per heavy atom. The average molecular weight is 460 g/mol. The fraction of sp³-hybridized carbons (Fsp3) is 0.481. The number of ether oxygens (including phenoxy) is 1. The molecule has 3 unspecified atom stereocenters. The summed E-state index contributed by atoms with van der Waals surface area (Å²) in [7, 11) is 1.73. The highest BCUT2D eigenvalue weighted by Crippen LogP contribution is 2.35. The Hall–Kier alpha value is -3.22. The third-order valence-corrected chi connectivity index (χ3v) is 7.49. The van der Waals surface area contributed by atoms with Gasteiger partial charge < -0.3 is 24.3 Å². The number of methoxy groups -OCH3 is 1. The van der Waals surface area contributed by atoms with E-state index < -0.39 is 0 Å². The summed E-state index contributed by atoms with van der Waals surface area (Å²) in [5.41, 5.74) is 4.86. The van der Waals surface area contributed by atoms with Gasteiger partial charge in [0.1, 0.15) is 5.75 Å². The molecule has 0 spiro atoms. The second-order valence-corrected chi connectivity index (χ2v) is 9.82. The maximum Gasteiger partial charge on any atom is 0.171 e. The lowest BCUT2D eigenvalue weighted by molar-refractivity contribution is 0.00535. The molecule has 7 heteroatoms. The summed E-state index contributed by atoms with van der Waals surface area (Å²) in [6, 6.07) is 7.08. The first kappa shape index (κ1) is 21.3. The first-order valence-corrected chi connectivity index (χ1v) is 12.5. The van der Waals surface area contributed by atoms with E-state index in [-0.39, 0.29) is 6.10 Å². The molecule has 1 aromatic carbocycles. The van der Waals surface area contributed by atoms with Crippen LogP contribution in [0.5, 0.6) is 5.75 Å². The van der Waals surface area contributed by atoms with E-state index in [0.717, 1.165) is 74.7 Å². The van der Waals surface area contributed by atoms with Crippen LogP contribution in [0.25, 0.3) is 6.08 Å². The van der Waals surface area contributed by atoms with Crippen LogP contribution in [0, 0.1) is 0 Å². The van der Waals surface area contributed by atoms with Crippen molar-refractivity contribution in [1.29, 1.82) is 0 Å². The van der Waals surface area contributed by atoms with Gasteiger partial charge in [0.2, 0.25) is 0 Å². The Morgan fingerprint density at radius 3 is 2.91 bits per heavy atom. The standard InChI is InChI=1S/C27H33N5O2/c1-19-15-31(18-28-19)23-11-10-20(14-25(23)33-2)13-21-7-6-12-32-24-16-30(22-8-4-3-5-9-22)17-26(24)34-29-27(21)32/h3-4,8,10-11,13-14,18-19,24,26H,5-7,9,12,15-17H2,1-2H3. The number of oxime groups is 1. The SMILES string of the molecule is COc1cc(C=C2CCCN3C2=NOC2CN(C4=CC=CCC4)CC23)ccc1N1C=NC(C)C1. The quantitative estimate of drug-likeness (QED) is 0.680. The number of rotatable bonds is 4. The minimum absolute atomic E-state index is 0.138. The van der Waals surface area contributed by atoms with Crippen molar-refractivity contribution in [2.24, 2.45) is 10.1 Å². The molecule has 0 amide bonds. The number of nitrogens with zero attached hydrogens (tertiary/aromatic N) is 5. The third kappa shape index (κ3) is 3.87. The second-order valence-electron chi connectivity index (χ2n) is 9.82. The van der Waals surface area contributed by atoms with E-state index in [2.05, 4.69) is 74.3 Å². The van der Waals surface area contributed by atoms with Crippen molar-refractivity contribution in [1.82, 2.24) is 9.80 Å². The maximum absolute atomic E-state index is 6.07. The Balaban J connectivity index is 1.23. The van der Waals surface area contributed by atoms with Crippen molar-refractivity contribution in [3.63, 3.8) is 0 Å². The summed E-state index contributed by atoms with van der Waals surface area (Å²) in [5, 5.41) is 4.64. The number of hydrogen-bond acceptors (Lipinski definition) is 7. The molecule has 6 rings (SSSR count). The number of likely N-dealkylation sites (tertiary alicyclic amines) is 1. The van der Waals surface area contributed by atoms with E-state index >= 15 is 0 Å². The summed E-state index contributed by atoms with van der Waals surface area (Å²) in [6.07, 6.45) is 15.4. The molecule has 3 atom stereocenters. The highest BCUT2D eigenvalue weighted by Gasteiger charge is 2.44. The van der Waals surface area contributed by atoms with Crippen molar-refractivity contribution in [3.8, 4) is 5.75 Å². The monoisotopic (exact) mass is 459 g/mol. The van der Waals surface area contributed by atoms with Gasteiger partial charge in [-0.1, -0.05) is 23.4 Å². The van der Waals surface area contributed by atoms with Crippen molar-refractivity contribution in [2.45, 2.75) is 50.8 Å². The molecule has 178 valence electrons. The predicted octanol–water partition coefficient (Wildman–Crippen LogP) is 4.04. The largest absolute Gasteiger partial charge is 0.495 e. The maximum atomic E-state index is 6.07. The van der Waals surface area contributed by atoms with Gasteiger partial charge in [-0.25, -0.2) is 0 Å². The predicted molar refractivity (Wildman–Crippen MR) is 136 cm³/mol. The van der Waals surface area contributed by atoms with Crippen molar-refractivity contribution in [3.05, 3.63) is 53.3 Å². The number of amidine groups is 1. The summed E-state index contributed by atoms with van der Waals surface area (Å²) in [6.45, 7) is 5.98. The fourth-order valence-corrected chi connectivity index (χ4v) is 5.73. The van der Waals surface area contributed by atoms with Gasteiger partial charge in [-0.15, -0.1) is 0 Å². The molecule has 2 fully saturated rings. The Labute approximate surface area is 201 Å². The van der Waals surface area contributed by atoms with E-state index in [1.165, 1.54) is 11.3 Å². The van der Waals surface area contributed by atoms with Crippen LogP contribution in [0.3, 0.4) is 0 Å². The second kappa shape index (κ2) is 8.85. The molecule has 0 bridgehead atoms. The van der Waals surface area contributed by atoms with Gasteiger partial charge >= 0.3 is 0 Å². The van der Waals surface area contributed by atoms with Crippen LogP contribution in [0.4, 0.5) is 5.69 Å². The molecule has 5 aliphatic rings. The summed E-state index contributed by atoms with van der Waals surface area (Å²) < 4.78 is 5.74. The zero-order chi connectivity index (χ0) is 23.1. The molecule has 0 saturated carbocycles. The number of hydrogen-bond donors (Lipinski definition) is 0. The van der Waals surface area contributed by atoms with Crippen molar-refractivity contribution < 1.29 is 9.57 Å². The van der Waals surface area contributed by atoms with E-state index in [1.807, 2.05) is 6.34 Å². The van der Waals surface area contributed by atoms with Gasteiger partial charge in [-0.3, -0.25) is 4.99 Å². The molecule has 1 aliphatic carbocycles. The van der Waals surface area contributed by atoms with E-state index in [0.29, 0.717) is 12.1 Å². The molecule has 2 saturated heterocycles. The van der Waals surface area contributed by atoms with Gasteiger partial charge in [-0.05, 0) is 68.0 Å². The Bertz CT molecular complexity index is 1100. The van der Waals surface area contributed by atoms with Crippen LogP contribution >= 0.6 is 0 Å². The van der Waals surface area contributed by atoms with Gasteiger partial charge in [0.25, 0.3) is 0 Å². The smallest absolute Gasteiger partial charge is 0.171 e. The zero-order valence-corrected chi connectivity index (χ0v) is 20.1. The van der Waals surface area contributed by atoms with E-state index in [1.54, 1.807) is 7.11 Å². The fourth-order valence-electron chi connectivity index (χ4n) is 5.73. The molecular weight excluding hydrogens is 426 g/mol. The lowest BCUT2D eigenvalue weighted by Gasteiger charge is -2.40. The number of benzene rings is 1. The average Bonchev–Trinajstić information content (AvgIpc) is 3.51. The molecule has 1 aromatic rings. The van der Waals surface area contributed by atoms with Crippen LogP contribution < -0.4 is 9.64 Å². The molecule has 0 N–H and O–H groups in total. The van der Waals surface area contributed by atoms with Gasteiger partial charge in [0, 0.05) is 25.3 Å². The van der Waals surface area contributed by atoms with Gasteiger partial charge in [0.05, 0.1) is 37.8 Å². The highest BCUT2D eigenvalue weighted by molar-refractivity contribution is 6.03. The molecule has 4 aliphatic heterocycles. The highest BCUT2D eigenvalue weighted by atomic mass is 16.6. The minimum Gasteiger partial charge on any atom is -0.495 e. The minimum atomic E-state index is 0.138. The van der Waals surface area contributed by atoms with E-state index in [4.69, 9.17) is 9.57 Å². The number of allylic oxidation sites excluding steroid dienone is 4. The lowest BCUT2D eigenvalue weighted by Crippen LogP contribution is -2.53. The molecular formula is C27H33N5O2. The third-order valence-electron chi connectivity index (χ3n) is 7.49. The number of piperidine rings is 1. The molecule has 4 heterocycles. The van der Waals surface area contributed by atoms with Gasteiger partial charge in [-0.2, -0.15) is 0 Å². The van der Waals surface area contributed by atoms with Crippen molar-refractivity contribution in [2.75, 3.05) is 38.2 Å². The topological polar surface area (TPSA) is 52.9 Å². The van der Waals surface area contributed by atoms with E-state index in [9.17, 15) is 0 Å². The van der Waals surface area contributed by atoms with Crippen molar-refractivity contribution >= 4 is 23.9 Å². The first-order chi connectivity index (χ1) is 16.7. The molecule has 34 heavy (non-hydrogen) atoms. The van der Waals surface area contributed by atoms with Crippen LogP contribution in [0.15, 0.2) is 57.8 Å². The lowest BCUT2D eigenvalue weighted by atomic mass is 9.97. The number of anilines is 1. The van der Waals surface area contributed by atoms with Gasteiger partial charge in [0.15, 0.2) is 11.9 Å². The molecule has 0 aromatic heterocycles. The van der Waals surface area contributed by atoms with Crippen LogP contribution in [-0.2, 0) is 4.84 Å². The number of aliphatic imine (C=N–C) groups is 1. The normalized spacial score (nSPS) is 29.1. The van der Waals surface area contributed by atoms with Crippen LogP contribution in [0.1, 0.15) is 38.2 Å². The molecule has 7 nitrogen and oxygen atoms in total. The zero-order valence-electron chi connectivity index (χ0n) is 20.1. The Morgan fingerprint density at radius 2 is 2.12 bits per heavy atom. The summed E-state index contributed by atoms with van der Waals surface area (Å²) in [4.78, 5) is 17.7. The number of fused-ring (bicyclic) bond motifs is 3. The first-order valence-electron chi connectivity index (χ1n) is 12.5. The van der Waals surface area contributed by atoms with Crippen LogP contribution in [-0.4, -0.2) is 73.5 Å².